The van der Waals surface area contributed by atoms with Crippen LogP contribution in [-0.2, 0) is 11.2 Å². The molecule has 5 heteroatoms. The molecule has 1 aromatic rings. The molecule has 2 N–H and O–H groups in total. The normalized spacial score (nSPS) is 22.0. The Kier molecular flexibility index (Phi) is 6.34. The van der Waals surface area contributed by atoms with Gasteiger partial charge in [-0.3, -0.25) is 4.79 Å². The number of amides is 1. The van der Waals surface area contributed by atoms with Gasteiger partial charge in [0.1, 0.15) is 0 Å². The third-order valence-corrected chi connectivity index (χ3v) is 4.79. The van der Waals surface area contributed by atoms with Crippen LogP contribution in [0.2, 0.25) is 10.0 Å². The number of quaternary nitrogens is 1. The second kappa shape index (κ2) is 8.02. The number of benzene rings is 1. The Balaban J connectivity index is 1.73. The number of hydrogen-bond donors (Lipinski definition) is 2. The van der Waals surface area contributed by atoms with Gasteiger partial charge in [-0.25, -0.2) is 0 Å². The van der Waals surface area contributed by atoms with Gasteiger partial charge in [-0.2, -0.15) is 0 Å². The van der Waals surface area contributed by atoms with Gasteiger partial charge in [0.2, 0.25) is 0 Å². The van der Waals surface area contributed by atoms with Crippen molar-refractivity contribution < 1.29 is 9.69 Å². The topological polar surface area (TPSA) is 33.5 Å². The highest BCUT2D eigenvalue weighted by Gasteiger charge is 2.23. The summed E-state index contributed by atoms with van der Waals surface area (Å²) < 4.78 is 0. The summed E-state index contributed by atoms with van der Waals surface area (Å²) in [6.07, 6.45) is 4.48. The van der Waals surface area contributed by atoms with Crippen LogP contribution < -0.4 is 10.2 Å². The van der Waals surface area contributed by atoms with E-state index in [0.717, 1.165) is 18.5 Å². The van der Waals surface area contributed by atoms with E-state index in [4.69, 9.17) is 23.2 Å². The largest absolute Gasteiger partial charge is 0.351 e. The number of nitrogens with one attached hydrogen (secondary N) is 2. The monoisotopic (exact) mass is 329 g/mol. The average molecular weight is 330 g/mol. The number of hydrogen-bond acceptors (Lipinski definition) is 1. The Morgan fingerprint density at radius 3 is 2.90 bits per heavy atom. The van der Waals surface area contributed by atoms with Crippen molar-refractivity contribution in [1.29, 1.82) is 0 Å². The van der Waals surface area contributed by atoms with Gasteiger partial charge in [0.05, 0.1) is 12.6 Å². The van der Waals surface area contributed by atoms with Crippen LogP contribution in [0.3, 0.4) is 0 Å². The summed E-state index contributed by atoms with van der Waals surface area (Å²) in [5, 5.41) is 4.28. The molecule has 0 bridgehead atoms. The summed E-state index contributed by atoms with van der Waals surface area (Å²) in [6.45, 7) is 4.53. The molecular formula is C16H23Cl2N2O+. The molecular weight excluding hydrogens is 307 g/mol. The van der Waals surface area contributed by atoms with Gasteiger partial charge in [-0.05, 0) is 50.3 Å². The molecule has 1 unspecified atom stereocenters. The van der Waals surface area contributed by atoms with Gasteiger partial charge in [-0.15, -0.1) is 0 Å². The summed E-state index contributed by atoms with van der Waals surface area (Å²) in [5.41, 5.74) is 1.01. The smallest absolute Gasteiger partial charge is 0.275 e. The van der Waals surface area contributed by atoms with Crippen LogP contribution in [0.25, 0.3) is 0 Å². The van der Waals surface area contributed by atoms with Crippen molar-refractivity contribution in [3.05, 3.63) is 33.8 Å². The summed E-state index contributed by atoms with van der Waals surface area (Å²) in [7, 11) is 0. The average Bonchev–Trinajstić information content (AvgIpc) is 2.44. The summed E-state index contributed by atoms with van der Waals surface area (Å²) in [5.74, 6) is 0.129. The third-order valence-electron chi connectivity index (χ3n) is 4.20. The molecule has 1 heterocycles. The lowest BCUT2D eigenvalue weighted by atomic mass is 10.0. The molecule has 1 fully saturated rings. The number of carbonyl (C=O) groups is 1. The molecule has 0 saturated carbocycles. The fraction of sp³-hybridized carbons (Fsp3) is 0.562. The standard InChI is InChI=1S/C16H22Cl2N2O/c1-12-4-2-3-9-20(12)11-16(21)19-8-7-13-5-6-14(17)10-15(13)18/h5-6,10,12H,2-4,7-9,11H2,1H3,(H,19,21)/p+1/t12-/m1/s1. The lowest BCUT2D eigenvalue weighted by molar-refractivity contribution is -0.921. The highest BCUT2D eigenvalue weighted by atomic mass is 35.5. The molecule has 0 aromatic heterocycles. The number of carbonyl (C=O) groups excluding carboxylic acids is 1. The quantitative estimate of drug-likeness (QED) is 0.852. The molecule has 1 aromatic carbocycles. The van der Waals surface area contributed by atoms with Gasteiger partial charge in [0.15, 0.2) is 6.54 Å². The maximum atomic E-state index is 12.0. The number of likely N-dealkylation sites (tertiary alicyclic amines) is 1. The molecule has 1 aliphatic heterocycles. The zero-order valence-corrected chi connectivity index (χ0v) is 13.9. The lowest BCUT2D eigenvalue weighted by Gasteiger charge is -2.29. The van der Waals surface area contributed by atoms with E-state index < -0.39 is 0 Å². The highest BCUT2D eigenvalue weighted by molar-refractivity contribution is 6.35. The zero-order valence-electron chi connectivity index (χ0n) is 12.4. The van der Waals surface area contributed by atoms with Crippen LogP contribution >= 0.6 is 23.2 Å². The van der Waals surface area contributed by atoms with E-state index in [0.29, 0.717) is 29.2 Å². The van der Waals surface area contributed by atoms with Crippen LogP contribution in [0, 0.1) is 0 Å². The maximum absolute atomic E-state index is 12.0. The van der Waals surface area contributed by atoms with E-state index in [9.17, 15) is 4.79 Å². The predicted molar refractivity (Wildman–Crippen MR) is 87.2 cm³/mol. The van der Waals surface area contributed by atoms with E-state index in [1.165, 1.54) is 24.2 Å². The summed E-state index contributed by atoms with van der Waals surface area (Å²) in [4.78, 5) is 13.4. The van der Waals surface area contributed by atoms with Crippen molar-refractivity contribution in [2.45, 2.75) is 38.6 Å². The Morgan fingerprint density at radius 1 is 1.38 bits per heavy atom. The van der Waals surface area contributed by atoms with Gasteiger partial charge in [-0.1, -0.05) is 29.3 Å². The fourth-order valence-corrected chi connectivity index (χ4v) is 3.35. The van der Waals surface area contributed by atoms with Gasteiger partial charge >= 0.3 is 0 Å². The van der Waals surface area contributed by atoms with Crippen LogP contribution in [-0.4, -0.2) is 31.6 Å². The van der Waals surface area contributed by atoms with Gasteiger partial charge in [0, 0.05) is 16.6 Å². The minimum atomic E-state index is 0.129. The molecule has 1 aliphatic rings. The van der Waals surface area contributed by atoms with Crippen LogP contribution in [0.15, 0.2) is 18.2 Å². The second-order valence-electron chi connectivity index (χ2n) is 5.82. The van der Waals surface area contributed by atoms with E-state index >= 15 is 0 Å². The molecule has 21 heavy (non-hydrogen) atoms. The first-order chi connectivity index (χ1) is 10.1. The number of halogens is 2. The minimum absolute atomic E-state index is 0.129. The molecule has 116 valence electrons. The Hall–Kier alpha value is -0.770. The molecule has 1 saturated heterocycles. The van der Waals surface area contributed by atoms with Crippen molar-refractivity contribution in [1.82, 2.24) is 5.32 Å². The van der Waals surface area contributed by atoms with Crippen molar-refractivity contribution in [3.63, 3.8) is 0 Å². The molecule has 2 atom stereocenters. The first-order valence-electron chi connectivity index (χ1n) is 7.61. The number of rotatable bonds is 5. The van der Waals surface area contributed by atoms with E-state index in [1.54, 1.807) is 6.07 Å². The zero-order chi connectivity index (χ0) is 15.2. The highest BCUT2D eigenvalue weighted by Crippen LogP contribution is 2.20. The molecule has 3 nitrogen and oxygen atoms in total. The van der Waals surface area contributed by atoms with Crippen molar-refractivity contribution >= 4 is 29.1 Å². The van der Waals surface area contributed by atoms with E-state index in [-0.39, 0.29) is 5.91 Å². The maximum Gasteiger partial charge on any atom is 0.275 e. The first kappa shape index (κ1) is 16.6. The minimum Gasteiger partial charge on any atom is -0.351 e. The molecule has 0 aliphatic carbocycles. The summed E-state index contributed by atoms with van der Waals surface area (Å²) >= 11 is 12.0. The molecule has 0 radical (unpaired) electrons. The second-order valence-corrected chi connectivity index (χ2v) is 6.66. The Bertz CT molecular complexity index is 493. The fourth-order valence-electron chi connectivity index (χ4n) is 2.85. The molecule has 2 rings (SSSR count). The van der Waals surface area contributed by atoms with E-state index in [2.05, 4.69) is 12.2 Å². The van der Waals surface area contributed by atoms with Crippen LogP contribution in [0.5, 0.6) is 0 Å². The van der Waals surface area contributed by atoms with Crippen molar-refractivity contribution in [3.8, 4) is 0 Å². The lowest BCUT2D eigenvalue weighted by Crippen LogP contribution is -3.17. The van der Waals surface area contributed by atoms with Gasteiger partial charge in [0.25, 0.3) is 5.91 Å². The summed E-state index contributed by atoms with van der Waals surface area (Å²) in [6, 6.07) is 6.06. The van der Waals surface area contributed by atoms with Gasteiger partial charge < -0.3 is 10.2 Å². The molecule has 1 amide bonds. The van der Waals surface area contributed by atoms with Crippen molar-refractivity contribution in [2.24, 2.45) is 0 Å². The third kappa shape index (κ3) is 5.17. The van der Waals surface area contributed by atoms with Crippen LogP contribution in [0.1, 0.15) is 31.7 Å². The number of piperidine rings is 1. The first-order valence-corrected chi connectivity index (χ1v) is 8.37. The van der Waals surface area contributed by atoms with Crippen LogP contribution in [0.4, 0.5) is 0 Å². The SMILES string of the molecule is C[C@@H]1CCCC[NH+]1CC(=O)NCCc1ccc(Cl)cc1Cl. The Morgan fingerprint density at radius 2 is 2.19 bits per heavy atom. The predicted octanol–water partition coefficient (Wildman–Crippen LogP) is 2.11. The van der Waals surface area contributed by atoms with E-state index in [1.807, 2.05) is 12.1 Å². The Labute approximate surface area is 136 Å². The van der Waals surface area contributed by atoms with Crippen molar-refractivity contribution in [2.75, 3.05) is 19.6 Å². The molecule has 0 spiro atoms.